The molecule has 0 unspecified atom stereocenters. The number of carbonyl (C=O) groups is 1. The Bertz CT molecular complexity index is 950. The van der Waals surface area contributed by atoms with E-state index in [2.05, 4.69) is 36.4 Å². The third-order valence-corrected chi connectivity index (χ3v) is 6.99. The van der Waals surface area contributed by atoms with Crippen molar-refractivity contribution in [2.75, 3.05) is 13.7 Å². The normalized spacial score (nSPS) is 26.9. The zero-order valence-electron chi connectivity index (χ0n) is 18.6. The maximum atomic E-state index is 13.6. The van der Waals surface area contributed by atoms with Gasteiger partial charge in [0.05, 0.1) is 19.8 Å². The van der Waals surface area contributed by atoms with E-state index in [-0.39, 0.29) is 23.3 Å². The molecule has 4 rings (SSSR count). The molecule has 1 heterocycles. The summed E-state index contributed by atoms with van der Waals surface area (Å²) in [5, 5.41) is 0. The van der Waals surface area contributed by atoms with Crippen LogP contribution >= 0.6 is 0 Å². The number of esters is 1. The number of hydrogen-bond acceptors (Lipinski definition) is 3. The lowest BCUT2D eigenvalue weighted by atomic mass is 9.69. The van der Waals surface area contributed by atoms with Gasteiger partial charge >= 0.3 is 5.97 Å². The van der Waals surface area contributed by atoms with Gasteiger partial charge < -0.3 is 9.47 Å². The molecule has 0 N–H and O–H groups in total. The first-order valence-corrected chi connectivity index (χ1v) is 11.4. The van der Waals surface area contributed by atoms with Gasteiger partial charge in [0.2, 0.25) is 0 Å². The number of benzene rings is 2. The molecule has 1 saturated carbocycles. The fourth-order valence-corrected chi connectivity index (χ4v) is 5.32. The van der Waals surface area contributed by atoms with Gasteiger partial charge in [-0.3, -0.25) is 4.79 Å². The fraction of sp³-hybridized carbons (Fsp3) is 0.393. The van der Waals surface area contributed by atoms with E-state index < -0.39 is 0 Å². The molecular weight excluding hydrogens is 403 g/mol. The molecule has 4 heteroatoms. The number of carbonyl (C=O) groups excluding carboxylic acids is 1. The number of ether oxygens (including phenoxy) is 2. The van der Waals surface area contributed by atoms with E-state index in [9.17, 15) is 9.18 Å². The van der Waals surface area contributed by atoms with Gasteiger partial charge in [0.1, 0.15) is 5.82 Å². The van der Waals surface area contributed by atoms with Crippen molar-refractivity contribution >= 4 is 12.0 Å². The summed E-state index contributed by atoms with van der Waals surface area (Å²) in [5.74, 6) is 0.309. The Morgan fingerprint density at radius 2 is 1.94 bits per heavy atom. The van der Waals surface area contributed by atoms with Gasteiger partial charge in [-0.1, -0.05) is 66.8 Å². The smallest absolute Gasteiger partial charge is 0.305 e. The SMILES string of the molecule is COC(=O)CCC/C=C\C[C@H]1[C@H](C=Cc2ccccc2)[C@@H]2C[C@@]1(c1ccc(F)cc1)CO2. The van der Waals surface area contributed by atoms with Gasteiger partial charge in [0.15, 0.2) is 0 Å². The van der Waals surface area contributed by atoms with Crippen LogP contribution in [-0.2, 0) is 19.7 Å². The molecule has 0 amide bonds. The Kier molecular flexibility index (Phi) is 7.21. The second-order valence-electron chi connectivity index (χ2n) is 8.85. The maximum absolute atomic E-state index is 13.6. The van der Waals surface area contributed by atoms with E-state index in [1.807, 2.05) is 30.3 Å². The predicted molar refractivity (Wildman–Crippen MR) is 125 cm³/mol. The van der Waals surface area contributed by atoms with Crippen molar-refractivity contribution in [3.8, 4) is 0 Å². The van der Waals surface area contributed by atoms with Crippen LogP contribution in [0.25, 0.3) is 6.08 Å². The summed E-state index contributed by atoms with van der Waals surface area (Å²) in [6, 6.07) is 17.3. The first-order chi connectivity index (χ1) is 15.6. The molecule has 2 fully saturated rings. The number of methoxy groups -OCH3 is 1. The molecule has 2 aliphatic rings. The van der Waals surface area contributed by atoms with Crippen LogP contribution in [0.2, 0.25) is 0 Å². The van der Waals surface area contributed by atoms with Gasteiger partial charge in [0.25, 0.3) is 0 Å². The first-order valence-electron chi connectivity index (χ1n) is 11.4. The van der Waals surface area contributed by atoms with Crippen LogP contribution in [0.4, 0.5) is 4.39 Å². The zero-order chi connectivity index (χ0) is 22.4. The molecule has 0 aromatic heterocycles. The molecular formula is C28H31FO3. The number of unbranched alkanes of at least 4 members (excludes halogenated alkanes) is 1. The predicted octanol–water partition coefficient (Wildman–Crippen LogP) is 6.10. The van der Waals surface area contributed by atoms with Crippen LogP contribution in [0.15, 0.2) is 72.8 Å². The second-order valence-corrected chi connectivity index (χ2v) is 8.85. The minimum absolute atomic E-state index is 0.0968. The summed E-state index contributed by atoms with van der Waals surface area (Å²) in [6.45, 7) is 0.680. The van der Waals surface area contributed by atoms with E-state index >= 15 is 0 Å². The lowest BCUT2D eigenvalue weighted by Crippen LogP contribution is -2.39. The maximum Gasteiger partial charge on any atom is 0.305 e. The van der Waals surface area contributed by atoms with E-state index in [0.29, 0.717) is 24.9 Å². The summed E-state index contributed by atoms with van der Waals surface area (Å²) in [4.78, 5) is 11.3. The summed E-state index contributed by atoms with van der Waals surface area (Å²) in [5.41, 5.74) is 2.25. The largest absolute Gasteiger partial charge is 0.469 e. The number of allylic oxidation sites excluding steroid dienone is 2. The quantitative estimate of drug-likeness (QED) is 0.272. The fourth-order valence-electron chi connectivity index (χ4n) is 5.32. The van der Waals surface area contributed by atoms with Crippen molar-refractivity contribution in [1.82, 2.24) is 0 Å². The topological polar surface area (TPSA) is 35.5 Å². The van der Waals surface area contributed by atoms with Gasteiger partial charge in [-0.15, -0.1) is 0 Å². The Balaban J connectivity index is 1.52. The highest BCUT2D eigenvalue weighted by Crippen LogP contribution is 2.57. The van der Waals surface area contributed by atoms with Crippen molar-refractivity contribution in [3.63, 3.8) is 0 Å². The average Bonchev–Trinajstić information content (AvgIpc) is 3.39. The minimum Gasteiger partial charge on any atom is -0.469 e. The summed E-state index contributed by atoms with van der Waals surface area (Å²) in [6.07, 6.45) is 13.1. The van der Waals surface area contributed by atoms with Gasteiger partial charge in [-0.25, -0.2) is 4.39 Å². The van der Waals surface area contributed by atoms with E-state index in [4.69, 9.17) is 9.47 Å². The van der Waals surface area contributed by atoms with Crippen LogP contribution in [0.1, 0.15) is 43.2 Å². The lowest BCUT2D eigenvalue weighted by molar-refractivity contribution is -0.140. The van der Waals surface area contributed by atoms with Crippen LogP contribution in [0.3, 0.4) is 0 Å². The number of rotatable bonds is 9. The van der Waals surface area contributed by atoms with Crippen molar-refractivity contribution in [1.29, 1.82) is 0 Å². The molecule has 2 aromatic rings. The molecule has 1 aliphatic heterocycles. The minimum atomic E-state index is -0.207. The Morgan fingerprint density at radius 1 is 1.16 bits per heavy atom. The number of hydrogen-bond donors (Lipinski definition) is 0. The Morgan fingerprint density at radius 3 is 2.69 bits per heavy atom. The van der Waals surface area contributed by atoms with E-state index in [0.717, 1.165) is 25.7 Å². The highest BCUT2D eigenvalue weighted by Gasteiger charge is 2.58. The van der Waals surface area contributed by atoms with Crippen LogP contribution in [0.5, 0.6) is 0 Å². The number of halogens is 1. The second kappa shape index (κ2) is 10.3. The molecule has 1 saturated heterocycles. The van der Waals surface area contributed by atoms with Crippen LogP contribution in [0, 0.1) is 17.7 Å². The summed E-state index contributed by atoms with van der Waals surface area (Å²) < 4.78 is 24.6. The van der Waals surface area contributed by atoms with E-state index in [1.165, 1.54) is 18.2 Å². The lowest BCUT2D eigenvalue weighted by Gasteiger charge is -2.38. The average molecular weight is 435 g/mol. The molecule has 2 bridgehead atoms. The molecule has 2 aromatic carbocycles. The Hall–Kier alpha value is -2.72. The molecule has 4 atom stereocenters. The first kappa shape index (κ1) is 22.5. The van der Waals surface area contributed by atoms with Crippen molar-refractivity contribution in [2.24, 2.45) is 11.8 Å². The highest BCUT2D eigenvalue weighted by molar-refractivity contribution is 5.69. The molecule has 1 aliphatic carbocycles. The number of fused-ring (bicyclic) bond motifs is 2. The van der Waals surface area contributed by atoms with Crippen LogP contribution < -0.4 is 0 Å². The zero-order valence-corrected chi connectivity index (χ0v) is 18.6. The summed E-state index contributed by atoms with van der Waals surface area (Å²) in [7, 11) is 1.42. The van der Waals surface area contributed by atoms with Gasteiger partial charge in [-0.05, 0) is 54.9 Å². The van der Waals surface area contributed by atoms with E-state index in [1.54, 1.807) is 12.1 Å². The standard InChI is InChI=1S/C28H31FO3/c1-31-27(30)12-8-3-2-7-11-25-24(18-13-21-9-5-4-6-10-21)26-19-28(25,20-32-26)22-14-16-23(29)17-15-22/h2,4-7,9-10,13-18,24-26H,3,8,11-12,19-20H2,1H3/b7-2-,18-13?/t24-,25-,26-,28-/m0/s1. The van der Waals surface area contributed by atoms with Gasteiger partial charge in [-0.2, -0.15) is 0 Å². The molecule has 168 valence electrons. The highest BCUT2D eigenvalue weighted by atomic mass is 19.1. The monoisotopic (exact) mass is 434 g/mol. The third kappa shape index (κ3) is 4.86. The third-order valence-electron chi connectivity index (χ3n) is 6.99. The van der Waals surface area contributed by atoms with Crippen molar-refractivity contribution < 1.29 is 18.7 Å². The molecule has 3 nitrogen and oxygen atoms in total. The van der Waals surface area contributed by atoms with Gasteiger partial charge in [0, 0.05) is 17.8 Å². The molecule has 0 spiro atoms. The van der Waals surface area contributed by atoms with Crippen molar-refractivity contribution in [2.45, 2.75) is 43.6 Å². The Labute approximate surface area is 189 Å². The summed E-state index contributed by atoms with van der Waals surface area (Å²) >= 11 is 0. The van der Waals surface area contributed by atoms with Crippen molar-refractivity contribution in [3.05, 3.63) is 89.8 Å². The molecule has 32 heavy (non-hydrogen) atoms. The molecule has 0 radical (unpaired) electrons. The van der Waals surface area contributed by atoms with Crippen LogP contribution in [-0.4, -0.2) is 25.8 Å².